The molecule has 1 aromatic carbocycles. The van der Waals surface area contributed by atoms with Crippen molar-refractivity contribution in [1.29, 1.82) is 0 Å². The van der Waals surface area contributed by atoms with E-state index in [-0.39, 0.29) is 5.97 Å². The predicted molar refractivity (Wildman–Crippen MR) is 84.9 cm³/mol. The van der Waals surface area contributed by atoms with Gasteiger partial charge in [0.25, 0.3) is 0 Å². The Balaban J connectivity index is 1.73. The van der Waals surface area contributed by atoms with Gasteiger partial charge in [-0.3, -0.25) is 0 Å². The smallest absolute Gasteiger partial charge is 0.339 e. The minimum absolute atomic E-state index is 0.316. The van der Waals surface area contributed by atoms with Gasteiger partial charge < -0.3 is 10.1 Å². The maximum absolute atomic E-state index is 11.9. The number of rotatable bonds is 4. The van der Waals surface area contributed by atoms with Crippen molar-refractivity contribution >= 4 is 23.3 Å². The highest BCUT2D eigenvalue weighted by Crippen LogP contribution is 2.44. The SMILES string of the molecule is COC(=O)c1ccc(Cl)cc1NC1CCCC(C2CC2)C1. The number of hydrogen-bond donors (Lipinski definition) is 1. The third-order valence-electron chi connectivity index (χ3n) is 4.75. The second-order valence-corrected chi connectivity index (χ2v) is 6.72. The summed E-state index contributed by atoms with van der Waals surface area (Å²) in [5, 5.41) is 4.17. The fourth-order valence-corrected chi connectivity index (χ4v) is 3.67. The van der Waals surface area contributed by atoms with Crippen molar-refractivity contribution < 1.29 is 9.53 Å². The predicted octanol–water partition coefficient (Wildman–Crippen LogP) is 4.51. The van der Waals surface area contributed by atoms with E-state index < -0.39 is 0 Å². The zero-order valence-electron chi connectivity index (χ0n) is 12.4. The number of hydrogen-bond acceptors (Lipinski definition) is 3. The van der Waals surface area contributed by atoms with Crippen molar-refractivity contribution in [3.8, 4) is 0 Å². The van der Waals surface area contributed by atoms with Gasteiger partial charge in [-0.05, 0) is 55.7 Å². The highest BCUT2D eigenvalue weighted by atomic mass is 35.5. The maximum Gasteiger partial charge on any atom is 0.339 e. The number of benzene rings is 1. The van der Waals surface area contributed by atoms with Crippen molar-refractivity contribution in [3.05, 3.63) is 28.8 Å². The standard InChI is InChI=1S/C17H22ClNO2/c1-21-17(20)15-8-7-13(18)10-16(15)19-14-4-2-3-12(9-14)11-5-6-11/h7-8,10-12,14,19H,2-6,9H2,1H3. The number of carbonyl (C=O) groups excluding carboxylic acids is 1. The molecule has 2 fully saturated rings. The van der Waals surface area contributed by atoms with Crippen LogP contribution in [0.1, 0.15) is 48.9 Å². The van der Waals surface area contributed by atoms with E-state index in [4.69, 9.17) is 16.3 Å². The molecule has 0 aromatic heterocycles. The van der Waals surface area contributed by atoms with E-state index in [1.807, 2.05) is 6.07 Å². The van der Waals surface area contributed by atoms with E-state index in [1.165, 1.54) is 39.2 Å². The maximum atomic E-state index is 11.9. The molecular formula is C17H22ClNO2. The van der Waals surface area contributed by atoms with E-state index in [0.717, 1.165) is 23.9 Å². The van der Waals surface area contributed by atoms with Gasteiger partial charge in [0.05, 0.1) is 18.4 Å². The average Bonchev–Trinajstić information content (AvgIpc) is 3.32. The summed E-state index contributed by atoms with van der Waals surface area (Å²) < 4.78 is 4.85. The molecule has 2 atom stereocenters. The van der Waals surface area contributed by atoms with Crippen LogP contribution in [0.3, 0.4) is 0 Å². The Morgan fingerprint density at radius 2 is 2.05 bits per heavy atom. The summed E-state index contributed by atoms with van der Waals surface area (Å²) in [4.78, 5) is 11.9. The molecule has 0 amide bonds. The summed E-state index contributed by atoms with van der Waals surface area (Å²) in [6, 6.07) is 5.73. The van der Waals surface area contributed by atoms with E-state index in [9.17, 15) is 4.79 Å². The Morgan fingerprint density at radius 3 is 2.76 bits per heavy atom. The van der Waals surface area contributed by atoms with Crippen molar-refractivity contribution in [2.24, 2.45) is 11.8 Å². The molecule has 2 aliphatic rings. The first kappa shape index (κ1) is 14.7. The van der Waals surface area contributed by atoms with E-state index in [2.05, 4.69) is 5.32 Å². The lowest BCUT2D eigenvalue weighted by atomic mass is 9.82. The number of nitrogens with one attached hydrogen (secondary N) is 1. The molecule has 0 spiro atoms. The fraction of sp³-hybridized carbons (Fsp3) is 0.588. The van der Waals surface area contributed by atoms with Gasteiger partial charge in [-0.2, -0.15) is 0 Å². The Kier molecular flexibility index (Phi) is 4.39. The van der Waals surface area contributed by atoms with Gasteiger partial charge in [-0.25, -0.2) is 4.79 Å². The van der Waals surface area contributed by atoms with Crippen LogP contribution >= 0.6 is 11.6 Å². The van der Waals surface area contributed by atoms with Crippen molar-refractivity contribution in [1.82, 2.24) is 0 Å². The molecule has 0 aliphatic heterocycles. The first-order chi connectivity index (χ1) is 10.2. The second kappa shape index (κ2) is 6.27. The minimum atomic E-state index is -0.316. The molecule has 2 unspecified atom stereocenters. The third kappa shape index (κ3) is 3.52. The van der Waals surface area contributed by atoms with Crippen LogP contribution in [0.4, 0.5) is 5.69 Å². The minimum Gasteiger partial charge on any atom is -0.465 e. The van der Waals surface area contributed by atoms with Crippen molar-refractivity contribution in [3.63, 3.8) is 0 Å². The van der Waals surface area contributed by atoms with Gasteiger partial charge in [0.2, 0.25) is 0 Å². The molecule has 1 N–H and O–H groups in total. The Morgan fingerprint density at radius 1 is 1.24 bits per heavy atom. The Hall–Kier alpha value is -1.22. The largest absolute Gasteiger partial charge is 0.465 e. The second-order valence-electron chi connectivity index (χ2n) is 6.29. The van der Waals surface area contributed by atoms with Crippen molar-refractivity contribution in [2.75, 3.05) is 12.4 Å². The topological polar surface area (TPSA) is 38.3 Å². The molecule has 3 nitrogen and oxygen atoms in total. The summed E-state index contributed by atoms with van der Waals surface area (Å²) in [6.45, 7) is 0. The van der Waals surface area contributed by atoms with Crippen LogP contribution in [0.2, 0.25) is 5.02 Å². The molecule has 4 heteroatoms. The van der Waals surface area contributed by atoms with Gasteiger partial charge in [-0.15, -0.1) is 0 Å². The molecule has 0 bridgehead atoms. The molecule has 3 rings (SSSR count). The van der Waals surface area contributed by atoms with Crippen LogP contribution in [-0.2, 0) is 4.74 Å². The summed E-state index contributed by atoms with van der Waals surface area (Å²) in [7, 11) is 1.41. The van der Waals surface area contributed by atoms with Crippen LogP contribution in [-0.4, -0.2) is 19.1 Å². The van der Waals surface area contributed by atoms with Crippen molar-refractivity contribution in [2.45, 2.75) is 44.6 Å². The molecule has 21 heavy (non-hydrogen) atoms. The van der Waals surface area contributed by atoms with E-state index >= 15 is 0 Å². The van der Waals surface area contributed by atoms with Gasteiger partial charge >= 0.3 is 5.97 Å². The lowest BCUT2D eigenvalue weighted by Gasteiger charge is -2.31. The summed E-state index contributed by atoms with van der Waals surface area (Å²) >= 11 is 6.08. The molecule has 2 aliphatic carbocycles. The number of esters is 1. The van der Waals surface area contributed by atoms with Crippen LogP contribution in [0.25, 0.3) is 0 Å². The molecule has 1 aromatic rings. The first-order valence-electron chi connectivity index (χ1n) is 7.82. The van der Waals surface area contributed by atoms with Gasteiger partial charge in [-0.1, -0.05) is 24.4 Å². The van der Waals surface area contributed by atoms with Crippen LogP contribution in [0.5, 0.6) is 0 Å². The lowest BCUT2D eigenvalue weighted by Crippen LogP contribution is -2.29. The zero-order valence-corrected chi connectivity index (χ0v) is 13.2. The summed E-state index contributed by atoms with van der Waals surface area (Å²) in [5.41, 5.74) is 1.37. The highest BCUT2D eigenvalue weighted by molar-refractivity contribution is 6.31. The monoisotopic (exact) mass is 307 g/mol. The third-order valence-corrected chi connectivity index (χ3v) is 4.99. The van der Waals surface area contributed by atoms with Gasteiger partial charge in [0.1, 0.15) is 0 Å². The molecule has 0 radical (unpaired) electrons. The molecule has 0 heterocycles. The number of halogens is 1. The molecular weight excluding hydrogens is 286 g/mol. The first-order valence-corrected chi connectivity index (χ1v) is 8.19. The number of ether oxygens (including phenoxy) is 1. The molecule has 0 saturated heterocycles. The number of anilines is 1. The Bertz CT molecular complexity index is 528. The van der Waals surface area contributed by atoms with Gasteiger partial charge in [0.15, 0.2) is 0 Å². The highest BCUT2D eigenvalue weighted by Gasteiger charge is 2.34. The van der Waals surface area contributed by atoms with Crippen LogP contribution in [0, 0.1) is 11.8 Å². The normalized spacial score (nSPS) is 25.4. The summed E-state index contributed by atoms with van der Waals surface area (Å²) in [5.74, 6) is 1.50. The Labute approximate surface area is 131 Å². The average molecular weight is 308 g/mol. The van der Waals surface area contributed by atoms with E-state index in [0.29, 0.717) is 16.6 Å². The van der Waals surface area contributed by atoms with E-state index in [1.54, 1.807) is 12.1 Å². The fourth-order valence-electron chi connectivity index (χ4n) is 3.50. The van der Waals surface area contributed by atoms with Crippen LogP contribution < -0.4 is 5.32 Å². The molecule has 2 saturated carbocycles. The van der Waals surface area contributed by atoms with Crippen LogP contribution in [0.15, 0.2) is 18.2 Å². The number of carbonyl (C=O) groups is 1. The quantitative estimate of drug-likeness (QED) is 0.832. The summed E-state index contributed by atoms with van der Waals surface area (Å²) in [6.07, 6.45) is 7.81. The zero-order chi connectivity index (χ0) is 14.8. The van der Waals surface area contributed by atoms with Gasteiger partial charge in [0, 0.05) is 11.1 Å². The molecule has 114 valence electrons. The number of methoxy groups -OCH3 is 1. The lowest BCUT2D eigenvalue weighted by molar-refractivity contribution is 0.0602.